The molecule has 0 saturated heterocycles. The van der Waals surface area contributed by atoms with Gasteiger partial charge in [0.1, 0.15) is 5.92 Å². The quantitative estimate of drug-likeness (QED) is 0.861. The van der Waals surface area contributed by atoms with Crippen LogP contribution in [0.5, 0.6) is 0 Å². The average molecular weight is 248 g/mol. The van der Waals surface area contributed by atoms with Crippen molar-refractivity contribution in [2.24, 2.45) is 0 Å². The van der Waals surface area contributed by atoms with Gasteiger partial charge < -0.3 is 10.2 Å². The fourth-order valence-electron chi connectivity index (χ4n) is 1.56. The molecule has 2 atom stereocenters. The number of halogens is 3. The maximum absolute atomic E-state index is 12.4. The second-order valence-corrected chi connectivity index (χ2v) is 3.66. The summed E-state index contributed by atoms with van der Waals surface area (Å²) in [5, 5.41) is 17.9. The number of aryl methyl sites for hydroxylation is 1. The van der Waals surface area contributed by atoms with Crippen LogP contribution in [0.2, 0.25) is 0 Å². The summed E-state index contributed by atoms with van der Waals surface area (Å²) in [6.45, 7) is 1.49. The van der Waals surface area contributed by atoms with E-state index in [1.807, 2.05) is 0 Å². The summed E-state index contributed by atoms with van der Waals surface area (Å²) >= 11 is 0. The SMILES string of the molecule is Cc1ccccc1C(C(=O)O)C(O)C(F)(F)F. The zero-order valence-corrected chi connectivity index (χ0v) is 8.90. The first-order chi connectivity index (χ1) is 7.75. The van der Waals surface area contributed by atoms with Crippen molar-refractivity contribution in [1.82, 2.24) is 0 Å². The molecule has 1 aromatic rings. The molecule has 0 spiro atoms. The third kappa shape index (κ3) is 2.97. The highest BCUT2D eigenvalue weighted by Gasteiger charge is 2.47. The van der Waals surface area contributed by atoms with Crippen LogP contribution < -0.4 is 0 Å². The molecule has 6 heteroatoms. The van der Waals surface area contributed by atoms with Crippen molar-refractivity contribution in [3.8, 4) is 0 Å². The molecule has 0 aliphatic heterocycles. The van der Waals surface area contributed by atoms with E-state index in [0.29, 0.717) is 5.56 Å². The molecule has 0 bridgehead atoms. The Labute approximate surface area is 95.5 Å². The van der Waals surface area contributed by atoms with Gasteiger partial charge in [-0.05, 0) is 18.1 Å². The highest BCUT2D eigenvalue weighted by Crippen LogP contribution is 2.33. The summed E-state index contributed by atoms with van der Waals surface area (Å²) in [5.74, 6) is -3.71. The van der Waals surface area contributed by atoms with Gasteiger partial charge in [0.15, 0.2) is 6.10 Å². The molecule has 0 saturated carbocycles. The van der Waals surface area contributed by atoms with E-state index in [4.69, 9.17) is 10.2 Å². The van der Waals surface area contributed by atoms with Crippen LogP contribution in [0.4, 0.5) is 13.2 Å². The number of alkyl halides is 3. The zero-order chi connectivity index (χ0) is 13.2. The lowest BCUT2D eigenvalue weighted by Crippen LogP contribution is -2.38. The molecule has 0 aromatic heterocycles. The van der Waals surface area contributed by atoms with Crippen molar-refractivity contribution in [2.45, 2.75) is 25.1 Å². The maximum Gasteiger partial charge on any atom is 0.415 e. The molecule has 94 valence electrons. The molecule has 0 radical (unpaired) electrons. The lowest BCUT2D eigenvalue weighted by molar-refractivity contribution is -0.214. The molecule has 0 amide bonds. The molecule has 3 nitrogen and oxygen atoms in total. The Bertz CT molecular complexity index is 415. The number of carbonyl (C=O) groups is 1. The summed E-state index contributed by atoms with van der Waals surface area (Å²) in [5.41, 5.74) is 0.355. The number of hydrogen-bond donors (Lipinski definition) is 2. The smallest absolute Gasteiger partial charge is 0.415 e. The monoisotopic (exact) mass is 248 g/mol. The van der Waals surface area contributed by atoms with Gasteiger partial charge in [0.05, 0.1) is 0 Å². The minimum atomic E-state index is -4.97. The number of benzene rings is 1. The van der Waals surface area contributed by atoms with E-state index in [1.165, 1.54) is 25.1 Å². The van der Waals surface area contributed by atoms with Crippen LogP contribution in [0.3, 0.4) is 0 Å². The van der Waals surface area contributed by atoms with Crippen molar-refractivity contribution in [1.29, 1.82) is 0 Å². The molecule has 1 rings (SSSR count). The Morgan fingerprint density at radius 3 is 2.24 bits per heavy atom. The van der Waals surface area contributed by atoms with Crippen molar-refractivity contribution in [2.75, 3.05) is 0 Å². The van der Waals surface area contributed by atoms with Crippen molar-refractivity contribution in [3.05, 3.63) is 35.4 Å². The highest BCUT2D eigenvalue weighted by molar-refractivity contribution is 5.77. The topological polar surface area (TPSA) is 57.5 Å². The van der Waals surface area contributed by atoms with Gasteiger partial charge in [-0.2, -0.15) is 13.2 Å². The van der Waals surface area contributed by atoms with E-state index >= 15 is 0 Å². The first-order valence-electron chi connectivity index (χ1n) is 4.78. The van der Waals surface area contributed by atoms with Gasteiger partial charge >= 0.3 is 12.1 Å². The van der Waals surface area contributed by atoms with Gasteiger partial charge in [-0.25, -0.2) is 0 Å². The number of aliphatic hydroxyl groups is 1. The van der Waals surface area contributed by atoms with Gasteiger partial charge in [0, 0.05) is 0 Å². The predicted molar refractivity (Wildman–Crippen MR) is 53.6 cm³/mol. The van der Waals surface area contributed by atoms with E-state index in [2.05, 4.69) is 0 Å². The van der Waals surface area contributed by atoms with E-state index < -0.39 is 24.2 Å². The Morgan fingerprint density at radius 1 is 1.29 bits per heavy atom. The molecule has 0 aliphatic rings. The van der Waals surface area contributed by atoms with Gasteiger partial charge in [-0.15, -0.1) is 0 Å². The average Bonchev–Trinajstić information content (AvgIpc) is 2.19. The fourth-order valence-corrected chi connectivity index (χ4v) is 1.56. The molecule has 1 aromatic carbocycles. The minimum absolute atomic E-state index is 0.0372. The third-order valence-corrected chi connectivity index (χ3v) is 2.44. The van der Waals surface area contributed by atoms with Crippen molar-refractivity contribution in [3.63, 3.8) is 0 Å². The van der Waals surface area contributed by atoms with Crippen molar-refractivity contribution >= 4 is 5.97 Å². The van der Waals surface area contributed by atoms with Gasteiger partial charge in [-0.3, -0.25) is 4.79 Å². The molecule has 2 N–H and O–H groups in total. The van der Waals surface area contributed by atoms with Crippen LogP contribution in [-0.2, 0) is 4.79 Å². The standard InChI is InChI=1S/C11H11F3O3/c1-6-4-2-3-5-7(6)8(10(16)17)9(15)11(12,13)14/h2-5,8-9,15H,1H3,(H,16,17). The normalized spacial score (nSPS) is 15.4. The summed E-state index contributed by atoms with van der Waals surface area (Å²) in [6.07, 6.45) is -7.88. The van der Waals surface area contributed by atoms with Gasteiger partial charge in [0.25, 0.3) is 0 Å². The second-order valence-electron chi connectivity index (χ2n) is 3.66. The molecular weight excluding hydrogens is 237 g/mol. The van der Waals surface area contributed by atoms with Crippen molar-refractivity contribution < 1.29 is 28.2 Å². The Kier molecular flexibility index (Phi) is 3.77. The number of aliphatic hydroxyl groups excluding tert-OH is 1. The molecule has 0 fully saturated rings. The molecular formula is C11H11F3O3. The first-order valence-corrected chi connectivity index (χ1v) is 4.78. The lowest BCUT2D eigenvalue weighted by Gasteiger charge is -2.23. The number of rotatable bonds is 3. The van der Waals surface area contributed by atoms with Crippen LogP contribution in [0.25, 0.3) is 0 Å². The van der Waals surface area contributed by atoms with E-state index in [9.17, 15) is 18.0 Å². The Hall–Kier alpha value is -1.56. The zero-order valence-electron chi connectivity index (χ0n) is 8.90. The van der Waals surface area contributed by atoms with Gasteiger partial charge in [-0.1, -0.05) is 24.3 Å². The second kappa shape index (κ2) is 4.75. The first kappa shape index (κ1) is 13.5. The summed E-state index contributed by atoms with van der Waals surface area (Å²) in [4.78, 5) is 10.9. The molecule has 0 aliphatic carbocycles. The third-order valence-electron chi connectivity index (χ3n) is 2.44. The summed E-state index contributed by atoms with van der Waals surface area (Å²) in [7, 11) is 0. The van der Waals surface area contributed by atoms with Crippen LogP contribution in [0, 0.1) is 6.92 Å². The van der Waals surface area contributed by atoms with Crippen LogP contribution in [-0.4, -0.2) is 28.5 Å². The number of aliphatic carboxylic acids is 1. The molecule has 0 heterocycles. The molecule has 17 heavy (non-hydrogen) atoms. The number of carboxylic acid groups (broad SMARTS) is 1. The van der Waals surface area contributed by atoms with Gasteiger partial charge in [0.2, 0.25) is 0 Å². The lowest BCUT2D eigenvalue weighted by atomic mass is 9.90. The highest BCUT2D eigenvalue weighted by atomic mass is 19.4. The minimum Gasteiger partial charge on any atom is -0.481 e. The van der Waals surface area contributed by atoms with Crippen LogP contribution in [0.1, 0.15) is 17.0 Å². The largest absolute Gasteiger partial charge is 0.481 e. The van der Waals surface area contributed by atoms with Crippen LogP contribution >= 0.6 is 0 Å². The Balaban J connectivity index is 3.20. The number of hydrogen-bond acceptors (Lipinski definition) is 2. The molecule has 2 unspecified atom stereocenters. The summed E-state index contributed by atoms with van der Waals surface area (Å²) < 4.78 is 37.1. The van der Waals surface area contributed by atoms with E-state index in [1.54, 1.807) is 6.07 Å². The predicted octanol–water partition coefficient (Wildman–Crippen LogP) is 2.09. The van der Waals surface area contributed by atoms with E-state index in [-0.39, 0.29) is 5.56 Å². The fraction of sp³-hybridized carbons (Fsp3) is 0.364. The Morgan fingerprint density at radius 2 is 1.82 bits per heavy atom. The van der Waals surface area contributed by atoms with E-state index in [0.717, 1.165) is 0 Å². The summed E-state index contributed by atoms with van der Waals surface area (Å²) in [6, 6.07) is 5.77. The number of carboxylic acids is 1. The maximum atomic E-state index is 12.4. The van der Waals surface area contributed by atoms with Crippen LogP contribution in [0.15, 0.2) is 24.3 Å².